The molecule has 13 heavy (non-hydrogen) atoms. The molecule has 0 N–H and O–H groups in total. The average molecular weight is 173 g/mol. The highest BCUT2D eigenvalue weighted by atomic mass is 16.1. The smallest absolute Gasteiger partial charge is 0.137 e. The van der Waals surface area contributed by atoms with E-state index in [1.165, 1.54) is 0 Å². The first-order valence-corrected chi connectivity index (χ1v) is 4.16. The van der Waals surface area contributed by atoms with Crippen LogP contribution in [0.5, 0.6) is 0 Å². The number of aldehydes is 1. The second-order valence-corrected chi connectivity index (χ2v) is 3.06. The zero-order valence-corrected chi connectivity index (χ0v) is 7.53. The van der Waals surface area contributed by atoms with Gasteiger partial charge in [-0.05, 0) is 18.9 Å². The van der Waals surface area contributed by atoms with E-state index in [2.05, 4.69) is 0 Å². The summed E-state index contributed by atoms with van der Waals surface area (Å²) in [5, 5.41) is 8.58. The summed E-state index contributed by atoms with van der Waals surface area (Å²) in [5.41, 5.74) is 2.19. The van der Waals surface area contributed by atoms with Gasteiger partial charge < -0.3 is 4.79 Å². The molecule has 0 aromatic heterocycles. The molecule has 0 heterocycles. The number of hydrogen-bond donors (Lipinski definition) is 0. The number of rotatable bonds is 3. The van der Waals surface area contributed by atoms with Gasteiger partial charge in [0.1, 0.15) is 12.2 Å². The van der Waals surface area contributed by atoms with Crippen molar-refractivity contribution >= 4 is 6.29 Å². The van der Waals surface area contributed by atoms with Crippen LogP contribution in [-0.4, -0.2) is 6.29 Å². The van der Waals surface area contributed by atoms with E-state index in [1.807, 2.05) is 37.3 Å². The van der Waals surface area contributed by atoms with Crippen LogP contribution in [0, 0.1) is 24.2 Å². The molecule has 1 aromatic carbocycles. The van der Waals surface area contributed by atoms with Crippen LogP contribution in [0.1, 0.15) is 11.1 Å². The predicted octanol–water partition coefficient (Wildman–Crippen LogP) is 1.88. The van der Waals surface area contributed by atoms with E-state index in [1.54, 1.807) is 0 Å². The van der Waals surface area contributed by atoms with Gasteiger partial charge in [0, 0.05) is 0 Å². The van der Waals surface area contributed by atoms with Crippen LogP contribution < -0.4 is 0 Å². The quantitative estimate of drug-likeness (QED) is 0.655. The Morgan fingerprint density at radius 3 is 2.92 bits per heavy atom. The lowest BCUT2D eigenvalue weighted by molar-refractivity contribution is -0.109. The molecule has 1 atom stereocenters. The van der Waals surface area contributed by atoms with Gasteiger partial charge in [0.15, 0.2) is 0 Å². The Bertz CT molecular complexity index is 338. The molecule has 1 rings (SSSR count). The Morgan fingerprint density at radius 2 is 2.38 bits per heavy atom. The Kier molecular flexibility index (Phi) is 3.22. The van der Waals surface area contributed by atoms with Crippen molar-refractivity contribution in [1.82, 2.24) is 0 Å². The first kappa shape index (κ1) is 9.47. The topological polar surface area (TPSA) is 40.9 Å². The zero-order valence-electron chi connectivity index (χ0n) is 7.53. The van der Waals surface area contributed by atoms with Gasteiger partial charge in [-0.1, -0.05) is 29.8 Å². The molecule has 0 amide bonds. The summed E-state index contributed by atoms with van der Waals surface area (Å²) in [6, 6.07) is 9.80. The van der Waals surface area contributed by atoms with Crippen molar-refractivity contribution in [3.63, 3.8) is 0 Å². The maximum Gasteiger partial charge on any atom is 0.137 e. The molecule has 1 unspecified atom stereocenters. The van der Waals surface area contributed by atoms with Crippen LogP contribution in [0.3, 0.4) is 0 Å². The van der Waals surface area contributed by atoms with Crippen molar-refractivity contribution in [3.05, 3.63) is 35.4 Å². The lowest BCUT2D eigenvalue weighted by atomic mass is 10.0. The SMILES string of the molecule is Cc1cccc(CC(C#N)C=O)c1. The van der Waals surface area contributed by atoms with E-state index in [4.69, 9.17) is 5.26 Å². The zero-order chi connectivity index (χ0) is 9.68. The monoisotopic (exact) mass is 173 g/mol. The molecule has 66 valence electrons. The van der Waals surface area contributed by atoms with E-state index >= 15 is 0 Å². The van der Waals surface area contributed by atoms with Crippen molar-refractivity contribution in [2.45, 2.75) is 13.3 Å². The maximum absolute atomic E-state index is 10.4. The highest BCUT2D eigenvalue weighted by molar-refractivity contribution is 5.58. The van der Waals surface area contributed by atoms with Crippen LogP contribution in [-0.2, 0) is 11.2 Å². The molecule has 0 spiro atoms. The number of hydrogen-bond acceptors (Lipinski definition) is 2. The highest BCUT2D eigenvalue weighted by Gasteiger charge is 2.05. The summed E-state index contributed by atoms with van der Waals surface area (Å²) in [7, 11) is 0. The Labute approximate surface area is 77.8 Å². The fraction of sp³-hybridized carbons (Fsp3) is 0.273. The lowest BCUT2D eigenvalue weighted by Gasteiger charge is -2.02. The van der Waals surface area contributed by atoms with E-state index in [0.29, 0.717) is 12.7 Å². The van der Waals surface area contributed by atoms with Crippen molar-refractivity contribution in [2.24, 2.45) is 5.92 Å². The third-order valence-corrected chi connectivity index (χ3v) is 1.87. The molecule has 0 aliphatic rings. The van der Waals surface area contributed by atoms with Crippen molar-refractivity contribution in [1.29, 1.82) is 5.26 Å². The Hall–Kier alpha value is -1.62. The molecule has 0 aliphatic carbocycles. The fourth-order valence-corrected chi connectivity index (χ4v) is 1.22. The van der Waals surface area contributed by atoms with Gasteiger partial charge in [-0.3, -0.25) is 0 Å². The Balaban J connectivity index is 2.74. The van der Waals surface area contributed by atoms with Crippen LogP contribution >= 0.6 is 0 Å². The number of nitrogens with zero attached hydrogens (tertiary/aromatic N) is 1. The van der Waals surface area contributed by atoms with Gasteiger partial charge in [-0.25, -0.2) is 0 Å². The van der Waals surface area contributed by atoms with Crippen LogP contribution in [0.25, 0.3) is 0 Å². The Morgan fingerprint density at radius 1 is 1.62 bits per heavy atom. The van der Waals surface area contributed by atoms with Gasteiger partial charge in [0.05, 0.1) is 6.07 Å². The summed E-state index contributed by atoms with van der Waals surface area (Å²) in [6.07, 6.45) is 1.21. The number of carbonyl (C=O) groups is 1. The largest absolute Gasteiger partial charge is 0.302 e. The lowest BCUT2D eigenvalue weighted by Crippen LogP contribution is -2.02. The minimum atomic E-state index is -0.512. The van der Waals surface area contributed by atoms with Crippen molar-refractivity contribution in [2.75, 3.05) is 0 Å². The van der Waals surface area contributed by atoms with E-state index in [0.717, 1.165) is 11.1 Å². The molecular weight excluding hydrogens is 162 g/mol. The average Bonchev–Trinajstić information content (AvgIpc) is 2.14. The molecule has 0 bridgehead atoms. The molecule has 0 radical (unpaired) electrons. The summed E-state index contributed by atoms with van der Waals surface area (Å²) in [5.74, 6) is -0.512. The molecule has 2 nitrogen and oxygen atoms in total. The number of nitriles is 1. The molecule has 0 saturated carbocycles. The standard InChI is InChI=1S/C11H11NO/c1-9-3-2-4-10(5-9)6-11(7-12)8-13/h2-5,8,11H,6H2,1H3. The van der Waals surface area contributed by atoms with E-state index in [-0.39, 0.29) is 0 Å². The van der Waals surface area contributed by atoms with Crippen LogP contribution in [0.15, 0.2) is 24.3 Å². The summed E-state index contributed by atoms with van der Waals surface area (Å²) in [6.45, 7) is 1.99. The number of aryl methyl sites for hydroxylation is 1. The van der Waals surface area contributed by atoms with Gasteiger partial charge in [-0.15, -0.1) is 0 Å². The number of carbonyl (C=O) groups excluding carboxylic acids is 1. The molecule has 2 heteroatoms. The maximum atomic E-state index is 10.4. The second kappa shape index (κ2) is 4.42. The summed E-state index contributed by atoms with van der Waals surface area (Å²) < 4.78 is 0. The first-order chi connectivity index (χ1) is 6.26. The van der Waals surface area contributed by atoms with Crippen LogP contribution in [0.4, 0.5) is 0 Å². The van der Waals surface area contributed by atoms with Gasteiger partial charge in [0.2, 0.25) is 0 Å². The highest BCUT2D eigenvalue weighted by Crippen LogP contribution is 2.08. The third kappa shape index (κ3) is 2.72. The molecule has 0 aliphatic heterocycles. The van der Waals surface area contributed by atoms with Gasteiger partial charge in [0.25, 0.3) is 0 Å². The van der Waals surface area contributed by atoms with Gasteiger partial charge >= 0.3 is 0 Å². The van der Waals surface area contributed by atoms with Crippen LogP contribution in [0.2, 0.25) is 0 Å². The minimum absolute atomic E-state index is 0.512. The summed E-state index contributed by atoms with van der Waals surface area (Å²) in [4.78, 5) is 10.4. The molecule has 0 saturated heterocycles. The van der Waals surface area contributed by atoms with Crippen molar-refractivity contribution in [3.8, 4) is 6.07 Å². The molecule has 0 fully saturated rings. The van der Waals surface area contributed by atoms with E-state index in [9.17, 15) is 4.79 Å². The fourth-order valence-electron chi connectivity index (χ4n) is 1.22. The third-order valence-electron chi connectivity index (χ3n) is 1.87. The molecular formula is C11H11NO. The van der Waals surface area contributed by atoms with Crippen molar-refractivity contribution < 1.29 is 4.79 Å². The van der Waals surface area contributed by atoms with E-state index < -0.39 is 5.92 Å². The predicted molar refractivity (Wildman–Crippen MR) is 50.1 cm³/mol. The molecule has 1 aromatic rings. The minimum Gasteiger partial charge on any atom is -0.302 e. The van der Waals surface area contributed by atoms with Gasteiger partial charge in [-0.2, -0.15) is 5.26 Å². The first-order valence-electron chi connectivity index (χ1n) is 4.16. The second-order valence-electron chi connectivity index (χ2n) is 3.06. The number of benzene rings is 1. The summed E-state index contributed by atoms with van der Waals surface area (Å²) >= 11 is 0. The normalized spacial score (nSPS) is 11.7.